The predicted molar refractivity (Wildman–Crippen MR) is 604 cm³/mol. The molecule has 17 heteroatoms. The molecule has 0 aliphatic heterocycles. The molecule has 0 aliphatic rings. The summed E-state index contributed by atoms with van der Waals surface area (Å²) < 4.78 is 61.3. The normalized spacial score (nSPS) is 11.5. The van der Waals surface area contributed by atoms with Crippen molar-refractivity contribution in [3.8, 4) is 46.0 Å². The number of carbonyl (C=O) groups excluding carboxylic acids is 1. The van der Waals surface area contributed by atoms with Gasteiger partial charge in [0.1, 0.15) is 52.6 Å². The highest BCUT2D eigenvalue weighted by molar-refractivity contribution is 5.73. The number of hydrogen-bond donors (Lipinski definition) is 5. The molecule has 0 aliphatic carbocycles. The van der Waals surface area contributed by atoms with Gasteiger partial charge in [0.2, 0.25) is 5.91 Å². The standard InChI is InChI=1S/C21H28O2.C18H22O2.C17H28O2.C16H26O2.C15H24O2.C14H21NO2.C14H22O2.C13H20O2/c1-2-3-10-19-13-9-14-21(17-19)23-16-8-7-15-22-18-20-11-5-4-6-12-20;1-2-7-18(19)16-10-6-11-17(14-16)20-13-12-15-8-4-3-5-9-15;1-5-13(4)17(18)15-9-8-10-16(11-15)19-12-14(6-2)7-3;1-4-8-16(17)14-9-7-10-15(11-14)18-12-13(5-2)6-3;1-3-4-8-14-9-7-10-15(13-14)17-12-6-5-11-16-2;1-2-3-6-12-7-4-8-13(11-12)17-10-5-9-14(15)16;1-2-3-7-13-8-6-9-14(12-13)16-11-5-4-10-15;1-3-4-6-12-7-5-8-13(11-12)15-10-9-14-2/h4-6,9,11-14,17H,2-3,7-8,10,15-16,18H2,1H3;3-6,8-11,14,18-19H,2,7,12-13H2,1H3;8-11,13-14,17-18H,5-7,12H2,1-4H3;7,9-11,13,16-17H,4-6,8,12H2,1-3H3;7,9-10,13H,3-6,8,11-12H2,1-2H3;4,7-8,11H,2-3,5-6,9-10H2,1H3,(H2,15,16);6,8-9,12,15H,2-5,7,10-11H2,1H3;5,7-8,11H,3-4,6,9-10H2,1-2H3/t;;13-,17-;;;;;/m..1...../s1. The maximum Gasteiger partial charge on any atom is 0.217 e. The van der Waals surface area contributed by atoms with Gasteiger partial charge in [0, 0.05) is 46.9 Å². The molecule has 0 bridgehead atoms. The van der Waals surface area contributed by atoms with Crippen LogP contribution >= 0.6 is 0 Å². The van der Waals surface area contributed by atoms with E-state index in [2.05, 4.69) is 187 Å². The van der Waals surface area contributed by atoms with Crippen LogP contribution in [0.4, 0.5) is 0 Å². The molecule has 0 radical (unpaired) electrons. The van der Waals surface area contributed by atoms with Crippen molar-refractivity contribution in [3.05, 3.63) is 310 Å². The van der Waals surface area contributed by atoms with Gasteiger partial charge in [-0.15, -0.1) is 0 Å². The smallest absolute Gasteiger partial charge is 0.217 e. The number of nitrogens with two attached hydrogens (primary N) is 1. The van der Waals surface area contributed by atoms with E-state index in [-0.39, 0.29) is 24.5 Å². The van der Waals surface area contributed by atoms with Crippen molar-refractivity contribution in [2.24, 2.45) is 23.5 Å². The molecule has 4 atom stereocenters. The number of rotatable bonds is 66. The molecule has 2 unspecified atom stereocenters. The van der Waals surface area contributed by atoms with Crippen molar-refractivity contribution in [2.45, 2.75) is 327 Å². The van der Waals surface area contributed by atoms with E-state index in [0.717, 1.165) is 237 Å². The summed E-state index contributed by atoms with van der Waals surface area (Å²) in [5.41, 5.74) is 17.2. The van der Waals surface area contributed by atoms with Gasteiger partial charge in [-0.05, 0) is 292 Å². The number of carbonyl (C=O) groups is 1. The summed E-state index contributed by atoms with van der Waals surface area (Å²) in [6.07, 6.45) is 33.7. The zero-order chi connectivity index (χ0) is 105. The highest BCUT2D eigenvalue weighted by atomic mass is 16.5. The topological polar surface area (TPSA) is 226 Å². The molecule has 10 aromatic rings. The van der Waals surface area contributed by atoms with Gasteiger partial charge < -0.3 is 78.3 Å². The first kappa shape index (κ1) is 129. The number of aliphatic hydroxyl groups excluding tert-OH is 4. The van der Waals surface area contributed by atoms with Gasteiger partial charge in [-0.1, -0.05) is 325 Å². The number of hydrogen-bond acceptors (Lipinski definition) is 16. The van der Waals surface area contributed by atoms with Crippen LogP contribution in [-0.2, 0) is 64.1 Å². The average Bonchev–Trinajstić information content (AvgIpc) is 0.870. The monoisotopic (exact) mass is 2000 g/mol. The number of primary amides is 1. The van der Waals surface area contributed by atoms with Gasteiger partial charge in [-0.2, -0.15) is 0 Å². The molecule has 10 aromatic carbocycles. The number of aryl methyl sites for hydroxylation is 5. The minimum Gasteiger partial charge on any atom is -0.494 e. The highest BCUT2D eigenvalue weighted by Gasteiger charge is 2.17. The zero-order valence-electron chi connectivity index (χ0n) is 92.0. The fourth-order valence-electron chi connectivity index (χ4n) is 15.0. The lowest BCUT2D eigenvalue weighted by atomic mass is 9.95. The minimum absolute atomic E-state index is 0.250. The number of aliphatic hydroxyl groups is 4. The zero-order valence-corrected chi connectivity index (χ0v) is 92.0. The van der Waals surface area contributed by atoms with E-state index >= 15 is 0 Å². The number of ether oxygens (including phenoxy) is 11. The van der Waals surface area contributed by atoms with Gasteiger partial charge in [-0.3, -0.25) is 4.79 Å². The fraction of sp³-hybridized carbons (Fsp3) is 0.523. The summed E-state index contributed by atoms with van der Waals surface area (Å²) in [4.78, 5) is 10.5. The van der Waals surface area contributed by atoms with Crippen LogP contribution in [0.1, 0.15) is 337 Å². The lowest BCUT2D eigenvalue weighted by Gasteiger charge is -2.19. The Morgan fingerprint density at radius 2 is 0.586 bits per heavy atom. The molecule has 0 heterocycles. The first-order chi connectivity index (χ1) is 70.8. The molecule has 0 aromatic heterocycles. The van der Waals surface area contributed by atoms with Crippen LogP contribution in [0.15, 0.2) is 255 Å². The average molecular weight is 2000 g/mol. The molecule has 0 spiro atoms. The summed E-state index contributed by atoms with van der Waals surface area (Å²) in [6, 6.07) is 85.7. The Kier molecular flexibility index (Phi) is 78.2. The third-order valence-corrected chi connectivity index (χ3v) is 24.7. The van der Waals surface area contributed by atoms with E-state index in [1.807, 2.05) is 158 Å². The maximum absolute atomic E-state index is 10.5. The molecular weight excluding hydrogens is 1810 g/mol. The van der Waals surface area contributed by atoms with Gasteiger partial charge >= 0.3 is 0 Å². The SMILES string of the molecule is CCC(CC)COc1cccc([C@H](O)[C@H](C)CC)c1.CCCC(O)c1cccc(OCC(CC)CC)c1.CCCC(O)c1cccc(OCCc2ccccc2)c1.CCCCc1cccc(OCCCC(N)=O)c1.CCCCc1cccc(OCCCCO)c1.CCCCc1cccc(OCCCCOC)c1.CCCCc1cccc(OCCCCOCc2ccccc2)c1.CCCCc1cccc(OCCOC)c1. The van der Waals surface area contributed by atoms with E-state index < -0.39 is 12.2 Å². The lowest BCUT2D eigenvalue weighted by molar-refractivity contribution is -0.118. The van der Waals surface area contributed by atoms with Crippen LogP contribution in [0, 0.1) is 17.8 Å². The molecule has 6 N–H and O–H groups in total. The molecule has 1 amide bonds. The van der Waals surface area contributed by atoms with Crippen LogP contribution in [-0.4, -0.2) is 120 Å². The van der Waals surface area contributed by atoms with Gasteiger partial charge in [0.05, 0.1) is 77.8 Å². The van der Waals surface area contributed by atoms with Crippen molar-refractivity contribution in [1.29, 1.82) is 0 Å². The van der Waals surface area contributed by atoms with E-state index in [1.54, 1.807) is 14.2 Å². The molecule has 0 fully saturated rings. The number of benzene rings is 10. The first-order valence-corrected chi connectivity index (χ1v) is 55.2. The number of methoxy groups -OCH3 is 2. The Hall–Kier alpha value is -10.2. The third-order valence-electron chi connectivity index (χ3n) is 24.7. The second-order valence-corrected chi connectivity index (χ2v) is 37.2. The first-order valence-electron chi connectivity index (χ1n) is 55.2. The van der Waals surface area contributed by atoms with Crippen LogP contribution in [0.25, 0.3) is 0 Å². The van der Waals surface area contributed by atoms with Crippen LogP contribution in [0.5, 0.6) is 46.0 Å². The van der Waals surface area contributed by atoms with Crippen LogP contribution in [0.2, 0.25) is 0 Å². The van der Waals surface area contributed by atoms with Crippen molar-refractivity contribution in [3.63, 3.8) is 0 Å². The van der Waals surface area contributed by atoms with E-state index in [4.69, 9.17) is 62.9 Å². The summed E-state index contributed by atoms with van der Waals surface area (Å²) in [7, 11) is 3.42. The number of unbranched alkanes of at least 4 members (excludes halogenated alkanes) is 8. The molecule has 10 rings (SSSR count). The summed E-state index contributed by atoms with van der Waals surface area (Å²) in [6.45, 7) is 36.9. The Morgan fingerprint density at radius 3 is 0.931 bits per heavy atom. The Balaban J connectivity index is 0.000000427. The molecular formula is C128H191NO16. The predicted octanol–water partition coefficient (Wildman–Crippen LogP) is 31.2. The second kappa shape index (κ2) is 87.9. The third kappa shape index (κ3) is 65.2. The summed E-state index contributed by atoms with van der Waals surface area (Å²) in [5.74, 6) is 8.56. The van der Waals surface area contributed by atoms with E-state index in [0.29, 0.717) is 64.3 Å². The van der Waals surface area contributed by atoms with Gasteiger partial charge in [0.15, 0.2) is 0 Å². The number of amides is 1. The molecule has 17 nitrogen and oxygen atoms in total. The van der Waals surface area contributed by atoms with Crippen molar-refractivity contribution in [2.75, 3.05) is 93.5 Å². The van der Waals surface area contributed by atoms with Crippen molar-refractivity contribution < 1.29 is 77.3 Å². The summed E-state index contributed by atoms with van der Waals surface area (Å²) in [5, 5.41) is 38.8. The Morgan fingerprint density at radius 1 is 0.283 bits per heavy atom. The molecule has 0 saturated carbocycles. The quantitative estimate of drug-likeness (QED) is 0.0223. The van der Waals surface area contributed by atoms with E-state index in [1.165, 1.54) is 103 Å². The van der Waals surface area contributed by atoms with Gasteiger partial charge in [0.25, 0.3) is 0 Å². The lowest BCUT2D eigenvalue weighted by Crippen LogP contribution is -2.11. The molecule has 145 heavy (non-hydrogen) atoms. The maximum atomic E-state index is 10.5. The summed E-state index contributed by atoms with van der Waals surface area (Å²) >= 11 is 0. The minimum atomic E-state index is -0.401. The largest absolute Gasteiger partial charge is 0.494 e. The Bertz CT molecular complexity index is 4680. The molecule has 0 saturated heterocycles. The van der Waals surface area contributed by atoms with Crippen LogP contribution in [0.3, 0.4) is 0 Å². The van der Waals surface area contributed by atoms with Crippen molar-refractivity contribution in [1.82, 2.24) is 0 Å². The van der Waals surface area contributed by atoms with Crippen LogP contribution < -0.4 is 43.6 Å². The van der Waals surface area contributed by atoms with E-state index in [9.17, 15) is 20.1 Å². The van der Waals surface area contributed by atoms with Gasteiger partial charge in [-0.25, -0.2) is 0 Å². The second-order valence-electron chi connectivity index (χ2n) is 37.2. The highest BCUT2D eigenvalue weighted by Crippen LogP contribution is 2.30. The Labute approximate surface area is 878 Å². The van der Waals surface area contributed by atoms with Crippen molar-refractivity contribution >= 4 is 5.91 Å². The molecule has 804 valence electrons. The fourth-order valence-corrected chi connectivity index (χ4v) is 15.0.